The monoisotopic (exact) mass is 243 g/mol. The molecular formula is C17H25N. The Morgan fingerprint density at radius 1 is 1.11 bits per heavy atom. The van der Waals surface area contributed by atoms with Crippen LogP contribution >= 0.6 is 0 Å². The highest BCUT2D eigenvalue weighted by Crippen LogP contribution is 2.19. The maximum absolute atomic E-state index is 5.38. The molecule has 2 unspecified atom stereocenters. The van der Waals surface area contributed by atoms with E-state index in [1.54, 1.807) is 0 Å². The second kappa shape index (κ2) is 7.24. The van der Waals surface area contributed by atoms with Crippen LogP contribution in [0.1, 0.15) is 63.6 Å². The summed E-state index contributed by atoms with van der Waals surface area (Å²) in [7, 11) is 0. The van der Waals surface area contributed by atoms with Crippen molar-refractivity contribution in [1.29, 1.82) is 0 Å². The Bertz CT molecular complexity index is 383. The van der Waals surface area contributed by atoms with Gasteiger partial charge in [0, 0.05) is 18.5 Å². The van der Waals surface area contributed by atoms with Crippen molar-refractivity contribution >= 4 is 0 Å². The first-order valence-electron chi connectivity index (χ1n) is 6.87. The van der Waals surface area contributed by atoms with Crippen LogP contribution in [-0.4, -0.2) is 6.04 Å². The first-order valence-corrected chi connectivity index (χ1v) is 6.87. The van der Waals surface area contributed by atoms with E-state index >= 15 is 0 Å². The zero-order chi connectivity index (χ0) is 13.5. The van der Waals surface area contributed by atoms with E-state index < -0.39 is 0 Å². The molecule has 0 aliphatic rings. The van der Waals surface area contributed by atoms with Crippen molar-refractivity contribution in [2.75, 3.05) is 0 Å². The second-order valence-corrected chi connectivity index (χ2v) is 5.22. The van der Waals surface area contributed by atoms with E-state index in [1.165, 1.54) is 11.1 Å². The van der Waals surface area contributed by atoms with E-state index in [1.807, 2.05) is 0 Å². The van der Waals surface area contributed by atoms with Gasteiger partial charge < -0.3 is 5.32 Å². The summed E-state index contributed by atoms with van der Waals surface area (Å²) < 4.78 is 0. The summed E-state index contributed by atoms with van der Waals surface area (Å²) >= 11 is 0. The molecule has 0 aliphatic heterocycles. The highest BCUT2D eigenvalue weighted by molar-refractivity contribution is 5.26. The molecule has 0 amide bonds. The van der Waals surface area contributed by atoms with Crippen LogP contribution in [0.3, 0.4) is 0 Å². The lowest BCUT2D eigenvalue weighted by molar-refractivity contribution is 0.449. The molecule has 0 spiro atoms. The molecule has 0 aliphatic carbocycles. The molecule has 98 valence electrons. The van der Waals surface area contributed by atoms with Gasteiger partial charge in [0.25, 0.3) is 0 Å². The number of hydrogen-bond donors (Lipinski definition) is 1. The van der Waals surface area contributed by atoms with Crippen LogP contribution in [0.2, 0.25) is 0 Å². The standard InChI is InChI=1S/C17H25N/c1-6-8-17(7-2)18-14(5)16-11-9-15(10-12-16)13(3)4/h1,9-14,17-18H,7-8H2,2-5H3. The van der Waals surface area contributed by atoms with Crippen LogP contribution in [0.25, 0.3) is 0 Å². The normalized spacial score (nSPS) is 14.2. The summed E-state index contributed by atoms with van der Waals surface area (Å²) in [6.07, 6.45) is 7.25. The van der Waals surface area contributed by atoms with Gasteiger partial charge in [0.05, 0.1) is 0 Å². The van der Waals surface area contributed by atoms with Gasteiger partial charge in [0.1, 0.15) is 0 Å². The second-order valence-electron chi connectivity index (χ2n) is 5.22. The van der Waals surface area contributed by atoms with Gasteiger partial charge in [-0.15, -0.1) is 12.3 Å². The van der Waals surface area contributed by atoms with Crippen LogP contribution in [0.4, 0.5) is 0 Å². The molecule has 0 saturated heterocycles. The molecule has 1 aromatic carbocycles. The molecule has 0 radical (unpaired) electrons. The van der Waals surface area contributed by atoms with E-state index in [0.717, 1.165) is 12.8 Å². The lowest BCUT2D eigenvalue weighted by atomic mass is 9.99. The minimum absolute atomic E-state index is 0.351. The summed E-state index contributed by atoms with van der Waals surface area (Å²) in [5, 5.41) is 3.59. The Morgan fingerprint density at radius 2 is 1.67 bits per heavy atom. The third-order valence-corrected chi connectivity index (χ3v) is 3.45. The van der Waals surface area contributed by atoms with E-state index in [4.69, 9.17) is 6.42 Å². The first kappa shape index (κ1) is 14.8. The Morgan fingerprint density at radius 3 is 2.11 bits per heavy atom. The fourth-order valence-corrected chi connectivity index (χ4v) is 2.08. The molecule has 1 nitrogen and oxygen atoms in total. The number of hydrogen-bond acceptors (Lipinski definition) is 1. The van der Waals surface area contributed by atoms with Crippen LogP contribution in [0, 0.1) is 12.3 Å². The largest absolute Gasteiger partial charge is 0.307 e. The SMILES string of the molecule is C#CCC(CC)NC(C)c1ccc(C(C)C)cc1. The minimum Gasteiger partial charge on any atom is -0.307 e. The lowest BCUT2D eigenvalue weighted by Gasteiger charge is -2.21. The maximum atomic E-state index is 5.38. The molecular weight excluding hydrogens is 218 g/mol. The smallest absolute Gasteiger partial charge is 0.0294 e. The van der Waals surface area contributed by atoms with Crippen LogP contribution in [-0.2, 0) is 0 Å². The Balaban J connectivity index is 2.66. The molecule has 2 atom stereocenters. The van der Waals surface area contributed by atoms with Crippen molar-refractivity contribution in [3.63, 3.8) is 0 Å². The van der Waals surface area contributed by atoms with Crippen LogP contribution < -0.4 is 5.32 Å². The number of nitrogens with one attached hydrogen (secondary N) is 1. The third-order valence-electron chi connectivity index (χ3n) is 3.45. The average molecular weight is 243 g/mol. The molecule has 1 heteroatoms. The molecule has 0 fully saturated rings. The van der Waals surface area contributed by atoms with Gasteiger partial charge in [0.2, 0.25) is 0 Å². The van der Waals surface area contributed by atoms with Crippen molar-refractivity contribution < 1.29 is 0 Å². The predicted molar refractivity (Wildman–Crippen MR) is 79.6 cm³/mol. The van der Waals surface area contributed by atoms with E-state index in [-0.39, 0.29) is 0 Å². The third kappa shape index (κ3) is 4.20. The van der Waals surface area contributed by atoms with Crippen molar-refractivity contribution in [2.24, 2.45) is 0 Å². The van der Waals surface area contributed by atoms with Crippen LogP contribution in [0.15, 0.2) is 24.3 Å². The zero-order valence-electron chi connectivity index (χ0n) is 12.0. The van der Waals surface area contributed by atoms with E-state index in [9.17, 15) is 0 Å². The molecule has 0 heterocycles. The van der Waals surface area contributed by atoms with Crippen molar-refractivity contribution in [3.8, 4) is 12.3 Å². The van der Waals surface area contributed by atoms with Gasteiger partial charge >= 0.3 is 0 Å². The van der Waals surface area contributed by atoms with Gasteiger partial charge in [-0.2, -0.15) is 0 Å². The molecule has 1 rings (SSSR count). The number of rotatable bonds is 6. The average Bonchev–Trinajstić information content (AvgIpc) is 2.38. The van der Waals surface area contributed by atoms with Crippen molar-refractivity contribution in [1.82, 2.24) is 5.32 Å². The number of benzene rings is 1. The summed E-state index contributed by atoms with van der Waals surface area (Å²) in [6.45, 7) is 8.81. The predicted octanol–water partition coefficient (Wildman–Crippen LogP) is 4.26. The lowest BCUT2D eigenvalue weighted by Crippen LogP contribution is -2.30. The Labute approximate surface area is 112 Å². The van der Waals surface area contributed by atoms with E-state index in [2.05, 4.69) is 63.2 Å². The van der Waals surface area contributed by atoms with Gasteiger partial charge in [-0.25, -0.2) is 0 Å². The fourth-order valence-electron chi connectivity index (χ4n) is 2.08. The molecule has 0 saturated carbocycles. The molecule has 0 aromatic heterocycles. The summed E-state index contributed by atoms with van der Waals surface area (Å²) in [5.41, 5.74) is 2.72. The summed E-state index contributed by atoms with van der Waals surface area (Å²) in [6, 6.07) is 9.64. The van der Waals surface area contributed by atoms with Crippen LogP contribution in [0.5, 0.6) is 0 Å². The summed E-state index contributed by atoms with van der Waals surface area (Å²) in [5.74, 6) is 3.33. The van der Waals surface area contributed by atoms with Gasteiger partial charge in [-0.05, 0) is 30.4 Å². The quantitative estimate of drug-likeness (QED) is 0.736. The molecule has 1 aromatic rings. The Kier molecular flexibility index (Phi) is 5.95. The fraction of sp³-hybridized carbons (Fsp3) is 0.529. The topological polar surface area (TPSA) is 12.0 Å². The molecule has 0 bridgehead atoms. The van der Waals surface area contributed by atoms with Gasteiger partial charge in [-0.1, -0.05) is 45.0 Å². The highest BCUT2D eigenvalue weighted by Gasteiger charge is 2.11. The number of terminal acetylenes is 1. The van der Waals surface area contributed by atoms with Gasteiger partial charge in [-0.3, -0.25) is 0 Å². The maximum Gasteiger partial charge on any atom is 0.0294 e. The van der Waals surface area contributed by atoms with Crippen molar-refractivity contribution in [2.45, 2.75) is 58.5 Å². The molecule has 18 heavy (non-hydrogen) atoms. The molecule has 1 N–H and O–H groups in total. The highest BCUT2D eigenvalue weighted by atomic mass is 14.9. The van der Waals surface area contributed by atoms with Crippen molar-refractivity contribution in [3.05, 3.63) is 35.4 Å². The zero-order valence-corrected chi connectivity index (χ0v) is 12.0. The Hall–Kier alpha value is -1.26. The van der Waals surface area contributed by atoms with Gasteiger partial charge in [0.15, 0.2) is 0 Å². The summed E-state index contributed by atoms with van der Waals surface area (Å²) in [4.78, 5) is 0. The van der Waals surface area contributed by atoms with E-state index in [0.29, 0.717) is 18.0 Å². The minimum atomic E-state index is 0.351. The first-order chi connectivity index (χ1) is 8.58.